The highest BCUT2D eigenvalue weighted by molar-refractivity contribution is 6.36. The molecule has 3 aromatic rings. The van der Waals surface area contributed by atoms with E-state index in [4.69, 9.17) is 27.9 Å². The van der Waals surface area contributed by atoms with Gasteiger partial charge in [-0.15, -0.1) is 0 Å². The fraction of sp³-hybridized carbons (Fsp3) is 0.0435. The molecule has 0 radical (unpaired) electrons. The van der Waals surface area contributed by atoms with Gasteiger partial charge in [-0.1, -0.05) is 47.5 Å². The van der Waals surface area contributed by atoms with Crippen molar-refractivity contribution in [2.45, 2.75) is 6.61 Å². The minimum atomic E-state index is -0.811. The molecule has 0 unspecified atom stereocenters. The summed E-state index contributed by atoms with van der Waals surface area (Å²) in [6, 6.07) is 15.9. The van der Waals surface area contributed by atoms with Crippen molar-refractivity contribution in [1.29, 1.82) is 5.26 Å². The van der Waals surface area contributed by atoms with Crippen LogP contribution >= 0.6 is 23.2 Å². The number of hydrogen-bond donors (Lipinski definition) is 1. The van der Waals surface area contributed by atoms with Crippen molar-refractivity contribution in [2.75, 3.05) is 5.32 Å². The van der Waals surface area contributed by atoms with E-state index in [1.807, 2.05) is 0 Å². The quantitative estimate of drug-likeness (QED) is 0.186. The van der Waals surface area contributed by atoms with Crippen molar-refractivity contribution >= 4 is 46.6 Å². The number of nitro groups is 1. The van der Waals surface area contributed by atoms with Crippen molar-refractivity contribution in [3.05, 3.63) is 103 Å². The Morgan fingerprint density at radius 2 is 1.94 bits per heavy atom. The van der Waals surface area contributed by atoms with Crippen LogP contribution in [0.5, 0.6) is 5.75 Å². The van der Waals surface area contributed by atoms with Gasteiger partial charge < -0.3 is 10.1 Å². The van der Waals surface area contributed by atoms with Gasteiger partial charge in [-0.2, -0.15) is 5.26 Å². The molecule has 0 aliphatic heterocycles. The number of nitrogens with one attached hydrogen (secondary N) is 1. The second-order valence-corrected chi connectivity index (χ2v) is 7.46. The number of nitro benzene ring substituents is 1. The Bertz CT molecular complexity index is 1310. The standard InChI is InChI=1S/C23H14Cl2FN3O4/c24-17-9-15(22(20(25)10-17)33-13-14-4-1-2-7-21(14)26)8-16(12-27)23(30)28-18-5-3-6-19(11-18)29(31)32/h1-11H,13H2,(H,28,30)/b16-8+. The van der Waals surface area contributed by atoms with Crippen LogP contribution in [0.25, 0.3) is 6.08 Å². The summed E-state index contributed by atoms with van der Waals surface area (Å²) < 4.78 is 19.6. The van der Waals surface area contributed by atoms with E-state index in [1.54, 1.807) is 24.3 Å². The SMILES string of the molecule is N#C/C(=C\c1cc(Cl)cc(Cl)c1OCc1ccccc1F)C(=O)Nc1cccc([N+](=O)[O-])c1. The molecule has 3 rings (SSSR count). The molecular formula is C23H14Cl2FN3O4. The summed E-state index contributed by atoms with van der Waals surface area (Å²) in [6.45, 7) is -0.156. The molecule has 10 heteroatoms. The molecule has 166 valence electrons. The monoisotopic (exact) mass is 485 g/mol. The van der Waals surface area contributed by atoms with E-state index >= 15 is 0 Å². The Balaban J connectivity index is 1.90. The molecule has 0 saturated heterocycles. The Labute approximate surface area is 197 Å². The summed E-state index contributed by atoms with van der Waals surface area (Å²) in [5, 5.41) is 23.2. The Morgan fingerprint density at radius 3 is 2.64 bits per heavy atom. The maximum atomic E-state index is 13.9. The summed E-state index contributed by atoms with van der Waals surface area (Å²) in [4.78, 5) is 22.9. The van der Waals surface area contributed by atoms with Crippen molar-refractivity contribution in [3.63, 3.8) is 0 Å². The minimum Gasteiger partial charge on any atom is -0.487 e. The van der Waals surface area contributed by atoms with Crippen LogP contribution < -0.4 is 10.1 Å². The summed E-state index contributed by atoms with van der Waals surface area (Å²) in [5.74, 6) is -1.18. The lowest BCUT2D eigenvalue weighted by Crippen LogP contribution is -2.13. The van der Waals surface area contributed by atoms with Crippen molar-refractivity contribution in [1.82, 2.24) is 0 Å². The zero-order valence-corrected chi connectivity index (χ0v) is 18.2. The fourth-order valence-electron chi connectivity index (χ4n) is 2.80. The highest BCUT2D eigenvalue weighted by Crippen LogP contribution is 2.35. The lowest BCUT2D eigenvalue weighted by Gasteiger charge is -2.13. The number of hydrogen-bond acceptors (Lipinski definition) is 5. The number of halogens is 3. The van der Waals surface area contributed by atoms with Gasteiger partial charge in [0.15, 0.2) is 0 Å². The number of nitrogens with zero attached hydrogens (tertiary/aromatic N) is 2. The third kappa shape index (κ3) is 6.07. The summed E-state index contributed by atoms with van der Waals surface area (Å²) >= 11 is 12.3. The lowest BCUT2D eigenvalue weighted by molar-refractivity contribution is -0.384. The van der Waals surface area contributed by atoms with Gasteiger partial charge in [0.05, 0.1) is 9.95 Å². The van der Waals surface area contributed by atoms with E-state index in [0.717, 1.165) is 6.07 Å². The summed E-state index contributed by atoms with van der Waals surface area (Å²) in [7, 11) is 0. The van der Waals surface area contributed by atoms with Gasteiger partial charge in [-0.05, 0) is 30.3 Å². The van der Waals surface area contributed by atoms with Gasteiger partial charge in [0.2, 0.25) is 0 Å². The molecule has 0 atom stereocenters. The molecule has 0 spiro atoms. The van der Waals surface area contributed by atoms with Crippen LogP contribution in [0.15, 0.2) is 66.2 Å². The predicted octanol–water partition coefficient (Wildman–Crippen LogP) is 6.17. The van der Waals surface area contributed by atoms with Gasteiger partial charge in [-0.25, -0.2) is 4.39 Å². The van der Waals surface area contributed by atoms with Crippen molar-refractivity contribution in [3.8, 4) is 11.8 Å². The Kier molecular flexibility index (Phi) is 7.61. The predicted molar refractivity (Wildman–Crippen MR) is 123 cm³/mol. The number of amides is 1. The van der Waals surface area contributed by atoms with Crippen LogP contribution in [0.1, 0.15) is 11.1 Å². The third-order valence-electron chi connectivity index (χ3n) is 4.35. The molecule has 0 fully saturated rings. The highest BCUT2D eigenvalue weighted by Gasteiger charge is 2.16. The van der Waals surface area contributed by atoms with E-state index < -0.39 is 16.6 Å². The first kappa shape index (κ1) is 23.7. The van der Waals surface area contributed by atoms with E-state index in [2.05, 4.69) is 5.32 Å². The number of benzene rings is 3. The molecule has 1 amide bonds. The van der Waals surface area contributed by atoms with Crippen LogP contribution in [0.4, 0.5) is 15.8 Å². The molecule has 0 aromatic heterocycles. The number of carbonyl (C=O) groups is 1. The number of ether oxygens (including phenoxy) is 1. The van der Waals surface area contributed by atoms with E-state index in [0.29, 0.717) is 0 Å². The topological polar surface area (TPSA) is 105 Å². The Hall–Kier alpha value is -3.93. The molecule has 3 aromatic carbocycles. The molecule has 0 heterocycles. The van der Waals surface area contributed by atoms with Crippen LogP contribution in [0, 0.1) is 27.3 Å². The second kappa shape index (κ2) is 10.6. The average molecular weight is 486 g/mol. The number of non-ortho nitro benzene ring substituents is 1. The van der Waals surface area contributed by atoms with Crippen molar-refractivity contribution < 1.29 is 18.8 Å². The van der Waals surface area contributed by atoms with Crippen LogP contribution in [0.2, 0.25) is 10.0 Å². The minimum absolute atomic E-state index is 0.0974. The second-order valence-electron chi connectivity index (χ2n) is 6.62. The van der Waals surface area contributed by atoms with Crippen molar-refractivity contribution in [2.24, 2.45) is 0 Å². The maximum Gasteiger partial charge on any atom is 0.271 e. The van der Waals surface area contributed by atoms with Crippen LogP contribution in [0.3, 0.4) is 0 Å². The highest BCUT2D eigenvalue weighted by atomic mass is 35.5. The van der Waals surface area contributed by atoms with Gasteiger partial charge in [-0.3, -0.25) is 14.9 Å². The molecule has 0 bridgehead atoms. The molecule has 0 aliphatic rings. The zero-order chi connectivity index (χ0) is 24.0. The first-order chi connectivity index (χ1) is 15.8. The third-order valence-corrected chi connectivity index (χ3v) is 4.85. The van der Waals surface area contributed by atoms with E-state index in [9.17, 15) is 24.6 Å². The van der Waals surface area contributed by atoms with Gasteiger partial charge in [0.1, 0.15) is 29.8 Å². The summed E-state index contributed by atoms with van der Waals surface area (Å²) in [5.41, 5.74) is 0.0729. The van der Waals surface area contributed by atoms with Crippen LogP contribution in [-0.4, -0.2) is 10.8 Å². The summed E-state index contributed by atoms with van der Waals surface area (Å²) in [6.07, 6.45) is 1.21. The van der Waals surface area contributed by atoms with Gasteiger partial charge in [0, 0.05) is 34.0 Å². The van der Waals surface area contributed by atoms with Gasteiger partial charge >= 0.3 is 0 Å². The molecule has 7 nitrogen and oxygen atoms in total. The smallest absolute Gasteiger partial charge is 0.271 e. The number of nitriles is 1. The molecule has 0 saturated carbocycles. The lowest BCUT2D eigenvalue weighted by atomic mass is 10.1. The molecular weight excluding hydrogens is 472 g/mol. The first-order valence-electron chi connectivity index (χ1n) is 9.31. The number of rotatable bonds is 7. The maximum absolute atomic E-state index is 13.9. The average Bonchev–Trinajstić information content (AvgIpc) is 2.77. The zero-order valence-electron chi connectivity index (χ0n) is 16.7. The van der Waals surface area contributed by atoms with Crippen LogP contribution in [-0.2, 0) is 11.4 Å². The first-order valence-corrected chi connectivity index (χ1v) is 10.1. The van der Waals surface area contributed by atoms with E-state index in [1.165, 1.54) is 42.5 Å². The molecule has 33 heavy (non-hydrogen) atoms. The fourth-order valence-corrected chi connectivity index (χ4v) is 3.37. The normalized spacial score (nSPS) is 10.9. The van der Waals surface area contributed by atoms with Gasteiger partial charge in [0.25, 0.3) is 11.6 Å². The molecule has 1 N–H and O–H groups in total. The number of anilines is 1. The largest absolute Gasteiger partial charge is 0.487 e. The number of carbonyl (C=O) groups excluding carboxylic acids is 1. The van der Waals surface area contributed by atoms with E-state index in [-0.39, 0.29) is 50.5 Å². The molecule has 0 aliphatic carbocycles. The Morgan fingerprint density at radius 1 is 1.18 bits per heavy atom.